The molecule has 0 aromatic carbocycles. The number of carbonyl (C=O) groups is 1. The highest BCUT2D eigenvalue weighted by molar-refractivity contribution is 5.85. The summed E-state index contributed by atoms with van der Waals surface area (Å²) in [6, 6.07) is 1.32. The molecule has 2 aliphatic heterocycles. The van der Waals surface area contributed by atoms with Gasteiger partial charge in [0.1, 0.15) is 0 Å². The normalized spacial score (nSPS) is 29.6. The van der Waals surface area contributed by atoms with Crippen LogP contribution >= 0.6 is 12.4 Å². The van der Waals surface area contributed by atoms with Gasteiger partial charge in [-0.15, -0.1) is 12.4 Å². The number of halogens is 1. The SMILES string of the molecule is CCC(CCO)CNC(=O)CC1CC2CCC(C1)N2.Cl. The lowest BCUT2D eigenvalue weighted by molar-refractivity contribution is -0.122. The largest absolute Gasteiger partial charge is 0.396 e. The number of nitrogens with one attached hydrogen (secondary N) is 2. The Hall–Kier alpha value is -0.320. The lowest BCUT2D eigenvalue weighted by Crippen LogP contribution is -2.40. The number of fused-ring (bicyclic) bond motifs is 2. The van der Waals surface area contributed by atoms with E-state index < -0.39 is 0 Å². The number of rotatable bonds is 7. The van der Waals surface area contributed by atoms with Gasteiger partial charge in [-0.3, -0.25) is 4.79 Å². The molecule has 2 heterocycles. The maximum atomic E-state index is 12.0. The Morgan fingerprint density at radius 1 is 1.35 bits per heavy atom. The molecule has 0 saturated carbocycles. The molecule has 0 radical (unpaired) electrons. The minimum absolute atomic E-state index is 0. The molecule has 0 spiro atoms. The molecule has 20 heavy (non-hydrogen) atoms. The third kappa shape index (κ3) is 5.23. The van der Waals surface area contributed by atoms with Crippen LogP contribution in [0.3, 0.4) is 0 Å². The quantitative estimate of drug-likeness (QED) is 0.673. The van der Waals surface area contributed by atoms with Crippen LogP contribution < -0.4 is 10.6 Å². The third-order valence-electron chi connectivity index (χ3n) is 4.75. The summed E-state index contributed by atoms with van der Waals surface area (Å²) < 4.78 is 0. The van der Waals surface area contributed by atoms with Gasteiger partial charge in [0.2, 0.25) is 5.91 Å². The summed E-state index contributed by atoms with van der Waals surface area (Å²) in [6.07, 6.45) is 7.39. The predicted molar refractivity (Wildman–Crippen MR) is 83.0 cm³/mol. The molecule has 2 aliphatic rings. The Morgan fingerprint density at radius 3 is 2.55 bits per heavy atom. The molecule has 1 amide bonds. The number of aliphatic hydroxyl groups excluding tert-OH is 1. The van der Waals surface area contributed by atoms with E-state index in [0.29, 0.717) is 36.9 Å². The molecule has 5 heteroatoms. The Balaban J connectivity index is 0.00000200. The molecule has 2 fully saturated rings. The average Bonchev–Trinajstić information content (AvgIpc) is 2.74. The Bertz CT molecular complexity index is 290. The van der Waals surface area contributed by atoms with E-state index in [2.05, 4.69) is 17.6 Å². The van der Waals surface area contributed by atoms with E-state index in [-0.39, 0.29) is 24.9 Å². The molecular weight excluding hydrogens is 276 g/mol. The fourth-order valence-corrected chi connectivity index (χ4v) is 3.57. The first-order valence-corrected chi connectivity index (χ1v) is 7.84. The van der Waals surface area contributed by atoms with Crippen molar-refractivity contribution in [2.24, 2.45) is 11.8 Å². The molecule has 0 aliphatic carbocycles. The highest BCUT2D eigenvalue weighted by Gasteiger charge is 2.34. The van der Waals surface area contributed by atoms with E-state index in [4.69, 9.17) is 5.11 Å². The number of piperidine rings is 1. The lowest BCUT2D eigenvalue weighted by Gasteiger charge is -2.28. The summed E-state index contributed by atoms with van der Waals surface area (Å²) >= 11 is 0. The third-order valence-corrected chi connectivity index (χ3v) is 4.75. The Labute approximate surface area is 128 Å². The summed E-state index contributed by atoms with van der Waals surface area (Å²) in [6.45, 7) is 3.04. The van der Waals surface area contributed by atoms with Crippen molar-refractivity contribution in [3.8, 4) is 0 Å². The van der Waals surface area contributed by atoms with Crippen molar-refractivity contribution in [1.82, 2.24) is 10.6 Å². The molecule has 118 valence electrons. The van der Waals surface area contributed by atoms with Crippen molar-refractivity contribution >= 4 is 18.3 Å². The summed E-state index contributed by atoms with van der Waals surface area (Å²) in [5.41, 5.74) is 0. The van der Waals surface area contributed by atoms with Gasteiger partial charge in [0.15, 0.2) is 0 Å². The number of hydrogen-bond donors (Lipinski definition) is 3. The summed E-state index contributed by atoms with van der Waals surface area (Å²) in [4.78, 5) is 12.0. The monoisotopic (exact) mass is 304 g/mol. The molecule has 3 unspecified atom stereocenters. The topological polar surface area (TPSA) is 61.4 Å². The molecule has 4 nitrogen and oxygen atoms in total. The molecule has 0 aromatic heterocycles. The second kappa shape index (κ2) is 8.85. The van der Waals surface area contributed by atoms with E-state index in [1.165, 1.54) is 12.8 Å². The van der Waals surface area contributed by atoms with Gasteiger partial charge in [0.25, 0.3) is 0 Å². The van der Waals surface area contributed by atoms with Crippen LogP contribution in [-0.4, -0.2) is 36.2 Å². The van der Waals surface area contributed by atoms with Gasteiger partial charge in [-0.2, -0.15) is 0 Å². The standard InChI is InChI=1S/C15H28N2O2.ClH/c1-2-11(5-6-18)10-16-15(19)9-12-7-13-3-4-14(8-12)17-13;/h11-14,17-18H,2-10H2,1H3,(H,16,19);1H. The van der Waals surface area contributed by atoms with Gasteiger partial charge >= 0.3 is 0 Å². The molecular formula is C15H29ClN2O2. The van der Waals surface area contributed by atoms with Gasteiger partial charge in [-0.05, 0) is 43.9 Å². The van der Waals surface area contributed by atoms with Crippen LogP contribution in [0.5, 0.6) is 0 Å². The van der Waals surface area contributed by atoms with E-state index in [0.717, 1.165) is 25.7 Å². The molecule has 2 bridgehead atoms. The average molecular weight is 305 g/mol. The number of aliphatic hydroxyl groups is 1. The van der Waals surface area contributed by atoms with E-state index >= 15 is 0 Å². The van der Waals surface area contributed by atoms with E-state index in [1.807, 2.05) is 0 Å². The molecule has 3 atom stereocenters. The first-order chi connectivity index (χ1) is 9.21. The van der Waals surface area contributed by atoms with Gasteiger partial charge in [0, 0.05) is 31.7 Å². The zero-order chi connectivity index (χ0) is 13.7. The molecule has 0 aromatic rings. The Kier molecular flexibility index (Phi) is 7.85. The van der Waals surface area contributed by atoms with Gasteiger partial charge in [0.05, 0.1) is 0 Å². The maximum Gasteiger partial charge on any atom is 0.220 e. The van der Waals surface area contributed by atoms with Crippen LogP contribution in [0, 0.1) is 11.8 Å². The maximum absolute atomic E-state index is 12.0. The minimum Gasteiger partial charge on any atom is -0.396 e. The zero-order valence-corrected chi connectivity index (χ0v) is 13.3. The van der Waals surface area contributed by atoms with Crippen molar-refractivity contribution in [3.05, 3.63) is 0 Å². The number of hydrogen-bond acceptors (Lipinski definition) is 3. The minimum atomic E-state index is 0. The van der Waals surface area contributed by atoms with Crippen molar-refractivity contribution in [1.29, 1.82) is 0 Å². The van der Waals surface area contributed by atoms with Crippen molar-refractivity contribution in [2.75, 3.05) is 13.2 Å². The van der Waals surface area contributed by atoms with E-state index in [9.17, 15) is 4.79 Å². The van der Waals surface area contributed by atoms with Crippen LogP contribution in [0.15, 0.2) is 0 Å². The van der Waals surface area contributed by atoms with Crippen LogP contribution in [-0.2, 0) is 4.79 Å². The zero-order valence-electron chi connectivity index (χ0n) is 12.4. The van der Waals surface area contributed by atoms with Crippen molar-refractivity contribution in [2.45, 2.75) is 64.0 Å². The highest BCUT2D eigenvalue weighted by Crippen LogP contribution is 2.32. The Morgan fingerprint density at radius 2 is 2.00 bits per heavy atom. The van der Waals surface area contributed by atoms with Gasteiger partial charge < -0.3 is 15.7 Å². The molecule has 2 rings (SSSR count). The smallest absolute Gasteiger partial charge is 0.220 e. The van der Waals surface area contributed by atoms with Crippen LogP contribution in [0.1, 0.15) is 51.9 Å². The van der Waals surface area contributed by atoms with E-state index in [1.54, 1.807) is 0 Å². The summed E-state index contributed by atoms with van der Waals surface area (Å²) in [5, 5.41) is 15.6. The van der Waals surface area contributed by atoms with Crippen LogP contribution in [0.25, 0.3) is 0 Å². The number of amides is 1. The molecule has 2 saturated heterocycles. The molecule has 3 N–H and O–H groups in total. The van der Waals surface area contributed by atoms with Gasteiger partial charge in [-0.1, -0.05) is 13.3 Å². The van der Waals surface area contributed by atoms with Crippen molar-refractivity contribution in [3.63, 3.8) is 0 Å². The first-order valence-electron chi connectivity index (χ1n) is 7.84. The number of carbonyl (C=O) groups excluding carboxylic acids is 1. The fraction of sp³-hybridized carbons (Fsp3) is 0.933. The van der Waals surface area contributed by atoms with Crippen LogP contribution in [0.2, 0.25) is 0 Å². The second-order valence-electron chi connectivity index (χ2n) is 6.27. The second-order valence-corrected chi connectivity index (χ2v) is 6.27. The lowest BCUT2D eigenvalue weighted by atomic mass is 9.89. The first kappa shape index (κ1) is 17.7. The summed E-state index contributed by atoms with van der Waals surface area (Å²) in [5.74, 6) is 1.18. The fourth-order valence-electron chi connectivity index (χ4n) is 3.57. The van der Waals surface area contributed by atoms with Crippen molar-refractivity contribution < 1.29 is 9.90 Å². The van der Waals surface area contributed by atoms with Gasteiger partial charge in [-0.25, -0.2) is 0 Å². The predicted octanol–water partition coefficient (Wildman–Crippen LogP) is 1.85. The van der Waals surface area contributed by atoms with Crippen LogP contribution in [0.4, 0.5) is 0 Å². The highest BCUT2D eigenvalue weighted by atomic mass is 35.5. The summed E-state index contributed by atoms with van der Waals surface area (Å²) in [7, 11) is 0.